The van der Waals surface area contributed by atoms with Gasteiger partial charge in [-0.05, 0) is 49.1 Å². The van der Waals surface area contributed by atoms with E-state index in [0.29, 0.717) is 48.5 Å². The summed E-state index contributed by atoms with van der Waals surface area (Å²) in [6.07, 6.45) is 0. The number of nitrogens with zero attached hydrogens (tertiary/aromatic N) is 4. The Morgan fingerprint density at radius 2 is 1.47 bits per heavy atom. The van der Waals surface area contributed by atoms with Gasteiger partial charge in [0, 0.05) is 32.2 Å². The van der Waals surface area contributed by atoms with E-state index in [1.165, 1.54) is 0 Å². The maximum atomic E-state index is 13.2. The van der Waals surface area contributed by atoms with Crippen LogP contribution >= 0.6 is 0 Å². The van der Waals surface area contributed by atoms with Gasteiger partial charge in [0.25, 0.3) is 0 Å². The smallest absolute Gasteiger partial charge is 0.243 e. The molecule has 0 amide bonds. The Kier molecular flexibility index (Phi) is 6.64. The largest absolute Gasteiger partial charge is 0.439 e. The van der Waals surface area contributed by atoms with Crippen LogP contribution in [-0.2, 0) is 15.4 Å². The Morgan fingerprint density at radius 3 is 2.06 bits per heavy atom. The van der Waals surface area contributed by atoms with Gasteiger partial charge in [0.05, 0.1) is 4.90 Å². The molecule has 1 aromatic heterocycles. The van der Waals surface area contributed by atoms with Gasteiger partial charge in [-0.25, -0.2) is 13.4 Å². The van der Waals surface area contributed by atoms with E-state index < -0.39 is 10.0 Å². The molecule has 0 unspecified atom stereocenters. The van der Waals surface area contributed by atoms with Crippen LogP contribution in [0.15, 0.2) is 59.5 Å². The molecule has 2 heterocycles. The Balaban J connectivity index is 1.45. The van der Waals surface area contributed by atoms with Crippen LogP contribution in [0.3, 0.4) is 0 Å². The summed E-state index contributed by atoms with van der Waals surface area (Å²) in [4.78, 5) is 11.4. The number of rotatable bonds is 5. The highest BCUT2D eigenvalue weighted by molar-refractivity contribution is 7.89. The molecule has 1 aliphatic heterocycles. The lowest BCUT2D eigenvalue weighted by Crippen LogP contribution is -2.49. The van der Waals surface area contributed by atoms with Gasteiger partial charge in [0.2, 0.25) is 15.9 Å². The summed E-state index contributed by atoms with van der Waals surface area (Å²) in [5, 5.41) is 0. The fourth-order valence-corrected chi connectivity index (χ4v) is 5.32. The highest BCUT2D eigenvalue weighted by Gasteiger charge is 2.29. The molecule has 0 spiro atoms. The second kappa shape index (κ2) is 9.35. The Hall–Kier alpha value is -2.97. The van der Waals surface area contributed by atoms with Crippen molar-refractivity contribution >= 4 is 15.8 Å². The van der Waals surface area contributed by atoms with Gasteiger partial charge in [0.1, 0.15) is 17.4 Å². The highest BCUT2D eigenvalue weighted by Crippen LogP contribution is 2.27. The fraction of sp³-hybridized carbons (Fsp3) is 0.385. The zero-order valence-electron chi connectivity index (χ0n) is 20.4. The molecule has 0 aliphatic carbocycles. The molecule has 34 heavy (non-hydrogen) atoms. The molecule has 4 rings (SSSR count). The lowest BCUT2D eigenvalue weighted by atomic mass is 9.87. The molecule has 1 saturated heterocycles. The van der Waals surface area contributed by atoms with Crippen molar-refractivity contribution in [3.63, 3.8) is 0 Å². The average Bonchev–Trinajstić information content (AvgIpc) is 2.80. The summed E-state index contributed by atoms with van der Waals surface area (Å²) >= 11 is 0. The molecule has 0 radical (unpaired) electrons. The first-order valence-corrected chi connectivity index (χ1v) is 12.9. The summed E-state index contributed by atoms with van der Waals surface area (Å²) in [7, 11) is -3.54. The van der Waals surface area contributed by atoms with Gasteiger partial charge >= 0.3 is 0 Å². The summed E-state index contributed by atoms with van der Waals surface area (Å²) in [6, 6.07) is 16.8. The van der Waals surface area contributed by atoms with Gasteiger partial charge in [-0.2, -0.15) is 9.29 Å². The standard InChI is InChI=1S/C26H32N4O3S/c1-19-6-10-22(11-7-19)33-25-18-24(27-20(2)28-25)29-14-16-30(17-15-29)34(31,32)23-12-8-21(9-13-23)26(3,4)5/h6-13,18H,14-17H2,1-5H3. The topological polar surface area (TPSA) is 75.6 Å². The van der Waals surface area contributed by atoms with Crippen molar-refractivity contribution in [2.75, 3.05) is 31.1 Å². The Morgan fingerprint density at radius 1 is 0.853 bits per heavy atom. The van der Waals surface area contributed by atoms with Crippen LogP contribution in [0.1, 0.15) is 37.7 Å². The van der Waals surface area contributed by atoms with Crippen molar-refractivity contribution in [2.45, 2.75) is 44.9 Å². The van der Waals surface area contributed by atoms with Crippen molar-refractivity contribution in [1.29, 1.82) is 0 Å². The van der Waals surface area contributed by atoms with Crippen LogP contribution < -0.4 is 9.64 Å². The number of sulfonamides is 1. The molecule has 0 atom stereocenters. The van der Waals surface area contributed by atoms with E-state index in [1.807, 2.05) is 56.3 Å². The predicted molar refractivity (Wildman–Crippen MR) is 134 cm³/mol. The molecule has 1 aliphatic rings. The SMILES string of the molecule is Cc1ccc(Oc2cc(N3CCN(S(=O)(=O)c4ccc(C(C)(C)C)cc4)CC3)nc(C)n2)cc1. The van der Waals surface area contributed by atoms with E-state index in [0.717, 1.165) is 16.9 Å². The van der Waals surface area contributed by atoms with Crippen LogP contribution in [0.2, 0.25) is 0 Å². The van der Waals surface area contributed by atoms with E-state index in [4.69, 9.17) is 4.74 Å². The number of piperazine rings is 1. The van der Waals surface area contributed by atoms with Gasteiger partial charge in [-0.1, -0.05) is 50.6 Å². The minimum Gasteiger partial charge on any atom is -0.439 e. The fourth-order valence-electron chi connectivity index (χ4n) is 3.90. The third kappa shape index (κ3) is 5.39. The Bertz CT molecular complexity index is 1240. The normalized spacial score (nSPS) is 15.4. The second-order valence-corrected chi connectivity index (χ2v) is 11.6. The number of hydrogen-bond acceptors (Lipinski definition) is 6. The molecular formula is C26H32N4O3S. The van der Waals surface area contributed by atoms with E-state index in [1.54, 1.807) is 16.4 Å². The highest BCUT2D eigenvalue weighted by atomic mass is 32.2. The minimum absolute atomic E-state index is 0.0222. The van der Waals surface area contributed by atoms with E-state index >= 15 is 0 Å². The third-order valence-corrected chi connectivity index (χ3v) is 7.88. The summed E-state index contributed by atoms with van der Waals surface area (Å²) in [5.74, 6) is 2.53. The van der Waals surface area contributed by atoms with Gasteiger partial charge < -0.3 is 9.64 Å². The monoisotopic (exact) mass is 480 g/mol. The molecule has 180 valence electrons. The summed E-state index contributed by atoms with van der Waals surface area (Å²) in [5.41, 5.74) is 2.25. The molecule has 0 N–H and O–H groups in total. The second-order valence-electron chi connectivity index (χ2n) is 9.69. The van der Waals surface area contributed by atoms with Gasteiger partial charge in [-0.15, -0.1) is 0 Å². The Labute approximate surface area is 202 Å². The van der Waals surface area contributed by atoms with Crippen LogP contribution in [0, 0.1) is 13.8 Å². The molecule has 7 nitrogen and oxygen atoms in total. The summed E-state index contributed by atoms with van der Waals surface area (Å²) < 4.78 is 33.9. The first-order valence-electron chi connectivity index (χ1n) is 11.5. The van der Waals surface area contributed by atoms with E-state index in [9.17, 15) is 8.42 Å². The quantitative estimate of drug-likeness (QED) is 0.527. The number of aryl methyl sites for hydroxylation is 2. The van der Waals surface area contributed by atoms with E-state index in [-0.39, 0.29) is 5.41 Å². The van der Waals surface area contributed by atoms with Crippen molar-refractivity contribution in [2.24, 2.45) is 0 Å². The van der Waals surface area contributed by atoms with Gasteiger partial charge in [-0.3, -0.25) is 0 Å². The molecule has 8 heteroatoms. The lowest BCUT2D eigenvalue weighted by molar-refractivity contribution is 0.383. The number of anilines is 1. The maximum Gasteiger partial charge on any atom is 0.243 e. The first kappa shape index (κ1) is 24.2. The number of ether oxygens (including phenoxy) is 1. The van der Waals surface area contributed by atoms with Crippen LogP contribution in [-0.4, -0.2) is 48.9 Å². The summed E-state index contributed by atoms with van der Waals surface area (Å²) in [6.45, 7) is 12.1. The first-order chi connectivity index (χ1) is 16.0. The maximum absolute atomic E-state index is 13.2. The van der Waals surface area contributed by atoms with Crippen LogP contribution in [0.4, 0.5) is 5.82 Å². The zero-order valence-corrected chi connectivity index (χ0v) is 21.3. The molecule has 0 bridgehead atoms. The van der Waals surface area contributed by atoms with Crippen LogP contribution in [0.25, 0.3) is 0 Å². The lowest BCUT2D eigenvalue weighted by Gasteiger charge is -2.34. The molecule has 1 fully saturated rings. The average molecular weight is 481 g/mol. The van der Waals surface area contributed by atoms with Crippen LogP contribution in [0.5, 0.6) is 11.6 Å². The number of benzene rings is 2. The molecule has 2 aromatic carbocycles. The van der Waals surface area contributed by atoms with Crippen molar-refractivity contribution in [1.82, 2.24) is 14.3 Å². The number of aromatic nitrogens is 2. The van der Waals surface area contributed by atoms with E-state index in [2.05, 4.69) is 35.6 Å². The van der Waals surface area contributed by atoms with Crippen molar-refractivity contribution < 1.29 is 13.2 Å². The molecular weight excluding hydrogens is 448 g/mol. The van der Waals surface area contributed by atoms with Crippen molar-refractivity contribution in [3.05, 3.63) is 71.5 Å². The predicted octanol–water partition coefficient (Wildman–Crippen LogP) is 4.69. The van der Waals surface area contributed by atoms with Crippen molar-refractivity contribution in [3.8, 4) is 11.6 Å². The third-order valence-electron chi connectivity index (χ3n) is 5.97. The molecule has 0 saturated carbocycles. The minimum atomic E-state index is -3.54. The van der Waals surface area contributed by atoms with Gasteiger partial charge in [0.15, 0.2) is 0 Å². The molecule has 3 aromatic rings. The zero-order chi connectivity index (χ0) is 24.5. The number of hydrogen-bond donors (Lipinski definition) is 0.